The van der Waals surface area contributed by atoms with E-state index in [9.17, 15) is 9.90 Å². The summed E-state index contributed by atoms with van der Waals surface area (Å²) in [6, 6.07) is 0. The molecule has 2 unspecified atom stereocenters. The summed E-state index contributed by atoms with van der Waals surface area (Å²) in [6.07, 6.45) is 24.8. The third-order valence-corrected chi connectivity index (χ3v) is 8.68. The molecule has 0 aromatic rings. The molecule has 0 aliphatic heterocycles. The third-order valence-electron chi connectivity index (χ3n) is 8.68. The summed E-state index contributed by atoms with van der Waals surface area (Å²) in [7, 11) is 0. The SMILES string of the molecule is C#C.C#C[C@]1(O)CCC2[C@@H]3CCC4=CC(=O)CC[C@]4(C)C3CC[C@@]21CC. The maximum absolute atomic E-state index is 11.9. The van der Waals surface area contributed by atoms with Crippen LogP contribution in [0.15, 0.2) is 11.6 Å². The number of carbonyl (C=O) groups excluding carboxylic acids is 1. The Hall–Kier alpha value is -1.51. The molecule has 0 radical (unpaired) electrons. The van der Waals surface area contributed by atoms with Gasteiger partial charge in [0.05, 0.1) is 0 Å². The summed E-state index contributed by atoms with van der Waals surface area (Å²) < 4.78 is 0. The van der Waals surface area contributed by atoms with Crippen LogP contribution in [0.4, 0.5) is 0 Å². The molecule has 1 N–H and O–H groups in total. The lowest BCUT2D eigenvalue weighted by molar-refractivity contribution is -0.122. The molecule has 4 rings (SSSR count). The first-order valence-electron chi connectivity index (χ1n) is 10.2. The zero-order valence-corrected chi connectivity index (χ0v) is 16.3. The number of ketones is 1. The summed E-state index contributed by atoms with van der Waals surface area (Å²) in [5.74, 6) is 5.00. The lowest BCUT2D eigenvalue weighted by atomic mass is 9.45. The van der Waals surface area contributed by atoms with E-state index < -0.39 is 5.60 Å². The first-order chi connectivity index (χ1) is 12.4. The minimum atomic E-state index is -0.906. The Morgan fingerprint density at radius 2 is 1.85 bits per heavy atom. The number of hydrogen-bond acceptors (Lipinski definition) is 2. The average Bonchev–Trinajstić information content (AvgIpc) is 2.98. The molecular formula is C24H32O2. The molecule has 2 nitrogen and oxygen atoms in total. The standard InChI is InChI=1S/C22H30O2.C2H2/c1-4-21-12-9-18-17(19(21)10-13-22(21,24)5-2)7-6-15-14-16(23)8-11-20(15,18)3;1-2/h2,14,17-19,24H,4,6-13H2,1,3H3;1-2H/t17-,18?,19?,20+,21+,22+;/m1./s1. The predicted octanol–water partition coefficient (Wildman–Crippen LogP) is 4.52. The fourth-order valence-electron chi connectivity index (χ4n) is 7.34. The van der Waals surface area contributed by atoms with Gasteiger partial charge in [-0.25, -0.2) is 0 Å². The zero-order valence-electron chi connectivity index (χ0n) is 16.3. The van der Waals surface area contributed by atoms with Crippen molar-refractivity contribution in [1.82, 2.24) is 0 Å². The van der Waals surface area contributed by atoms with Crippen LogP contribution in [0, 0.1) is 53.8 Å². The number of fused-ring (bicyclic) bond motifs is 5. The minimum Gasteiger partial charge on any atom is -0.377 e. The molecule has 0 saturated heterocycles. The normalized spacial score (nSPS) is 46.5. The number of allylic oxidation sites excluding steroid dienone is 1. The highest BCUT2D eigenvalue weighted by Gasteiger charge is 2.64. The van der Waals surface area contributed by atoms with Gasteiger partial charge < -0.3 is 5.11 Å². The number of carbonyl (C=O) groups is 1. The van der Waals surface area contributed by atoms with E-state index in [0.717, 1.165) is 44.9 Å². The highest BCUT2D eigenvalue weighted by Crippen LogP contribution is 2.68. The predicted molar refractivity (Wildman–Crippen MR) is 105 cm³/mol. The molecule has 2 heteroatoms. The van der Waals surface area contributed by atoms with Gasteiger partial charge in [0.1, 0.15) is 5.60 Å². The first kappa shape index (κ1) is 19.3. The molecule has 0 heterocycles. The van der Waals surface area contributed by atoms with E-state index in [1.165, 1.54) is 12.0 Å². The quantitative estimate of drug-likeness (QED) is 0.704. The van der Waals surface area contributed by atoms with Crippen LogP contribution >= 0.6 is 0 Å². The average molecular weight is 353 g/mol. The van der Waals surface area contributed by atoms with Crippen molar-refractivity contribution in [2.24, 2.45) is 28.6 Å². The van der Waals surface area contributed by atoms with Crippen LogP contribution in [0.2, 0.25) is 0 Å². The Morgan fingerprint density at radius 3 is 2.50 bits per heavy atom. The van der Waals surface area contributed by atoms with E-state index in [-0.39, 0.29) is 10.8 Å². The van der Waals surface area contributed by atoms with Crippen molar-refractivity contribution < 1.29 is 9.90 Å². The van der Waals surface area contributed by atoms with Crippen molar-refractivity contribution >= 4 is 5.78 Å². The van der Waals surface area contributed by atoms with Crippen LogP contribution < -0.4 is 0 Å². The molecule has 3 saturated carbocycles. The number of rotatable bonds is 1. The van der Waals surface area contributed by atoms with E-state index in [0.29, 0.717) is 30.0 Å². The Labute approximate surface area is 158 Å². The van der Waals surface area contributed by atoms with Crippen LogP contribution in [0.5, 0.6) is 0 Å². The molecule has 0 aromatic heterocycles. The van der Waals surface area contributed by atoms with Crippen molar-refractivity contribution in [3.8, 4) is 25.2 Å². The van der Waals surface area contributed by atoms with Crippen LogP contribution in [0.3, 0.4) is 0 Å². The summed E-state index contributed by atoms with van der Waals surface area (Å²) >= 11 is 0. The maximum atomic E-state index is 11.9. The second kappa shape index (κ2) is 6.58. The second-order valence-electron chi connectivity index (χ2n) is 9.06. The summed E-state index contributed by atoms with van der Waals surface area (Å²) in [4.78, 5) is 11.9. The van der Waals surface area contributed by atoms with Crippen molar-refractivity contribution in [2.45, 2.75) is 77.2 Å². The van der Waals surface area contributed by atoms with E-state index >= 15 is 0 Å². The van der Waals surface area contributed by atoms with Gasteiger partial charge >= 0.3 is 0 Å². The van der Waals surface area contributed by atoms with Crippen LogP contribution in [-0.4, -0.2) is 16.5 Å². The lowest BCUT2D eigenvalue weighted by Crippen LogP contribution is -2.55. The number of aliphatic hydroxyl groups is 1. The fraction of sp³-hybridized carbons (Fsp3) is 0.708. The van der Waals surface area contributed by atoms with Crippen LogP contribution in [0.25, 0.3) is 0 Å². The molecule has 0 spiro atoms. The first-order valence-corrected chi connectivity index (χ1v) is 10.2. The van der Waals surface area contributed by atoms with E-state index in [4.69, 9.17) is 6.42 Å². The Morgan fingerprint density at radius 1 is 1.15 bits per heavy atom. The van der Waals surface area contributed by atoms with Gasteiger partial charge in [0.25, 0.3) is 0 Å². The van der Waals surface area contributed by atoms with Gasteiger partial charge in [-0.05, 0) is 80.6 Å². The third kappa shape index (κ3) is 2.35. The Bertz CT molecular complexity index is 680. The van der Waals surface area contributed by atoms with Gasteiger partial charge in [-0.1, -0.05) is 25.3 Å². The van der Waals surface area contributed by atoms with E-state index in [2.05, 4.69) is 32.6 Å². The molecule has 4 aliphatic rings. The van der Waals surface area contributed by atoms with Crippen molar-refractivity contribution in [3.05, 3.63) is 11.6 Å². The highest BCUT2D eigenvalue weighted by atomic mass is 16.3. The smallest absolute Gasteiger partial charge is 0.155 e. The molecule has 0 bridgehead atoms. The van der Waals surface area contributed by atoms with Gasteiger partial charge in [-0.15, -0.1) is 19.3 Å². The molecular weight excluding hydrogens is 320 g/mol. The molecule has 0 amide bonds. The van der Waals surface area contributed by atoms with Gasteiger partial charge in [0.15, 0.2) is 5.78 Å². The van der Waals surface area contributed by atoms with Crippen molar-refractivity contribution in [2.75, 3.05) is 0 Å². The van der Waals surface area contributed by atoms with Gasteiger partial charge in [0, 0.05) is 11.8 Å². The molecule has 0 aromatic carbocycles. The monoisotopic (exact) mass is 352 g/mol. The maximum Gasteiger partial charge on any atom is 0.155 e. The molecule has 4 aliphatic carbocycles. The van der Waals surface area contributed by atoms with Gasteiger partial charge in [-0.2, -0.15) is 0 Å². The number of terminal acetylenes is 2. The van der Waals surface area contributed by atoms with E-state index in [1.54, 1.807) is 0 Å². The van der Waals surface area contributed by atoms with Gasteiger partial charge in [0.2, 0.25) is 0 Å². The Kier molecular flexibility index (Phi) is 4.87. The largest absolute Gasteiger partial charge is 0.377 e. The summed E-state index contributed by atoms with van der Waals surface area (Å²) in [6.45, 7) is 4.62. The molecule has 140 valence electrons. The molecule has 26 heavy (non-hydrogen) atoms. The minimum absolute atomic E-state index is 0.0784. The van der Waals surface area contributed by atoms with Gasteiger partial charge in [-0.3, -0.25) is 4.79 Å². The van der Waals surface area contributed by atoms with E-state index in [1.807, 2.05) is 6.08 Å². The summed E-state index contributed by atoms with van der Waals surface area (Å²) in [5, 5.41) is 11.2. The van der Waals surface area contributed by atoms with Crippen LogP contribution in [0.1, 0.15) is 71.6 Å². The molecule has 6 atom stereocenters. The van der Waals surface area contributed by atoms with Crippen molar-refractivity contribution in [3.63, 3.8) is 0 Å². The van der Waals surface area contributed by atoms with Crippen LogP contribution in [-0.2, 0) is 4.79 Å². The summed E-state index contributed by atoms with van der Waals surface area (Å²) in [5.41, 5.74) is 0.629. The molecule has 3 fully saturated rings. The highest BCUT2D eigenvalue weighted by molar-refractivity contribution is 5.91. The Balaban J connectivity index is 0.000000948. The number of hydrogen-bond donors (Lipinski definition) is 1. The fourth-order valence-corrected chi connectivity index (χ4v) is 7.34. The topological polar surface area (TPSA) is 37.3 Å². The zero-order chi connectivity index (χ0) is 19.2. The second-order valence-corrected chi connectivity index (χ2v) is 9.06. The van der Waals surface area contributed by atoms with Crippen molar-refractivity contribution in [1.29, 1.82) is 0 Å². The lowest BCUT2D eigenvalue weighted by Gasteiger charge is -2.59.